The van der Waals surface area contributed by atoms with Crippen molar-refractivity contribution in [3.8, 4) is 33.4 Å². The topological polar surface area (TPSA) is 0 Å². The monoisotopic (exact) mass is 356 g/mol. The smallest absolute Gasteiger partial charge is 0.00199 e. The van der Waals surface area contributed by atoms with Crippen molar-refractivity contribution in [2.75, 3.05) is 0 Å². The van der Waals surface area contributed by atoms with Crippen LogP contribution < -0.4 is 0 Å². The van der Waals surface area contributed by atoms with Crippen LogP contribution in [-0.2, 0) is 0 Å². The van der Waals surface area contributed by atoms with Gasteiger partial charge in [-0.3, -0.25) is 0 Å². The fourth-order valence-electron chi connectivity index (χ4n) is 5.15. The number of hydrogen-bond acceptors (Lipinski definition) is 0. The number of fused-ring (bicyclic) bond motifs is 4. The summed E-state index contributed by atoms with van der Waals surface area (Å²) >= 11 is 0. The van der Waals surface area contributed by atoms with Gasteiger partial charge in [0.05, 0.1) is 0 Å². The summed E-state index contributed by atoms with van der Waals surface area (Å²) in [5, 5.41) is 5.49. The first-order chi connectivity index (χ1) is 13.8. The summed E-state index contributed by atoms with van der Waals surface area (Å²) in [4.78, 5) is 0. The van der Waals surface area contributed by atoms with Crippen LogP contribution in [-0.4, -0.2) is 0 Å². The van der Waals surface area contributed by atoms with E-state index in [4.69, 9.17) is 0 Å². The normalized spacial score (nSPS) is 11.9. The molecule has 1 aliphatic rings. The predicted octanol–water partition coefficient (Wildman–Crippen LogP) is 7.92. The van der Waals surface area contributed by atoms with Crippen LogP contribution in [0.4, 0.5) is 0 Å². The van der Waals surface area contributed by atoms with Gasteiger partial charge < -0.3 is 0 Å². The van der Waals surface area contributed by atoms with Gasteiger partial charge in [-0.15, -0.1) is 0 Å². The summed E-state index contributed by atoms with van der Waals surface area (Å²) in [5.74, 6) is 0. The van der Waals surface area contributed by atoms with Crippen molar-refractivity contribution in [1.29, 1.82) is 0 Å². The molecule has 0 saturated heterocycles. The Morgan fingerprint density at radius 3 is 1.64 bits per heavy atom. The first kappa shape index (κ1) is 15.7. The average Bonchev–Trinajstić information content (AvgIpc) is 3.09. The van der Waals surface area contributed by atoms with Crippen molar-refractivity contribution in [3.63, 3.8) is 0 Å². The molecule has 0 radical (unpaired) electrons. The summed E-state index contributed by atoms with van der Waals surface area (Å²) in [7, 11) is 0. The molecule has 0 amide bonds. The molecule has 0 aliphatic heterocycles. The van der Waals surface area contributed by atoms with E-state index in [9.17, 15) is 0 Å². The van der Waals surface area contributed by atoms with Gasteiger partial charge in [0, 0.05) is 0 Å². The lowest BCUT2D eigenvalue weighted by molar-refractivity contribution is 1.47. The van der Waals surface area contributed by atoms with Gasteiger partial charge in [0.15, 0.2) is 0 Å². The third-order valence-corrected chi connectivity index (χ3v) is 6.40. The first-order valence-electron chi connectivity index (χ1n) is 9.89. The number of benzene rings is 5. The van der Waals surface area contributed by atoms with Crippen molar-refractivity contribution in [1.82, 2.24) is 0 Å². The standard InChI is InChI=1S/C28H20/c1-17-20-11-6-7-12-21(20)18(2)27-25-16-15-22(19-9-4-3-5-10-19)23-13-8-14-24(26(17)27)28(23)25/h3-16H,1-2H3. The van der Waals surface area contributed by atoms with Crippen LogP contribution in [0.25, 0.3) is 54.9 Å². The van der Waals surface area contributed by atoms with E-state index < -0.39 is 0 Å². The van der Waals surface area contributed by atoms with E-state index in [1.165, 1.54) is 66.1 Å². The second-order valence-electron chi connectivity index (χ2n) is 7.80. The Labute approximate surface area is 165 Å². The van der Waals surface area contributed by atoms with E-state index in [2.05, 4.69) is 98.8 Å². The van der Waals surface area contributed by atoms with Crippen molar-refractivity contribution >= 4 is 21.5 Å². The molecule has 0 spiro atoms. The van der Waals surface area contributed by atoms with E-state index in [0.717, 1.165) is 0 Å². The average molecular weight is 356 g/mol. The van der Waals surface area contributed by atoms with Gasteiger partial charge in [0.2, 0.25) is 0 Å². The van der Waals surface area contributed by atoms with Gasteiger partial charge in [0.25, 0.3) is 0 Å². The van der Waals surface area contributed by atoms with Crippen LogP contribution in [0, 0.1) is 13.8 Å². The first-order valence-corrected chi connectivity index (χ1v) is 9.89. The van der Waals surface area contributed by atoms with Crippen molar-refractivity contribution in [3.05, 3.63) is 96.1 Å². The minimum Gasteiger partial charge on any atom is -0.0622 e. The van der Waals surface area contributed by atoms with Gasteiger partial charge in [-0.05, 0) is 79.9 Å². The predicted molar refractivity (Wildman–Crippen MR) is 121 cm³/mol. The highest BCUT2D eigenvalue weighted by molar-refractivity contribution is 6.22. The molecule has 5 aromatic carbocycles. The molecule has 0 N–H and O–H groups in total. The highest BCUT2D eigenvalue weighted by atomic mass is 14.3. The molecule has 0 bridgehead atoms. The van der Waals surface area contributed by atoms with Gasteiger partial charge >= 0.3 is 0 Å². The molecule has 28 heavy (non-hydrogen) atoms. The van der Waals surface area contributed by atoms with E-state index >= 15 is 0 Å². The van der Waals surface area contributed by atoms with Gasteiger partial charge in [-0.1, -0.05) is 84.9 Å². The minimum absolute atomic E-state index is 1.28. The van der Waals surface area contributed by atoms with Gasteiger partial charge in [-0.2, -0.15) is 0 Å². The van der Waals surface area contributed by atoms with Crippen LogP contribution in [0.1, 0.15) is 11.1 Å². The Balaban J connectivity index is 1.79. The quantitative estimate of drug-likeness (QED) is 0.281. The largest absolute Gasteiger partial charge is 0.0622 e. The summed E-state index contributed by atoms with van der Waals surface area (Å²) in [6.45, 7) is 4.56. The maximum Gasteiger partial charge on any atom is -0.00199 e. The fourth-order valence-corrected chi connectivity index (χ4v) is 5.15. The Bertz CT molecular complexity index is 1350. The molecule has 0 fully saturated rings. The zero-order chi connectivity index (χ0) is 18.8. The third kappa shape index (κ3) is 1.90. The molecule has 0 aromatic heterocycles. The summed E-state index contributed by atoms with van der Waals surface area (Å²) in [5.41, 5.74) is 11.0. The maximum atomic E-state index is 2.33. The number of aryl methyl sites for hydroxylation is 2. The Hall–Kier alpha value is -3.38. The van der Waals surface area contributed by atoms with Crippen LogP contribution in [0.2, 0.25) is 0 Å². The summed E-state index contributed by atoms with van der Waals surface area (Å²) in [6.07, 6.45) is 0. The van der Waals surface area contributed by atoms with Gasteiger partial charge in [0.1, 0.15) is 0 Å². The molecule has 1 aliphatic carbocycles. The molecule has 6 rings (SSSR count). The zero-order valence-electron chi connectivity index (χ0n) is 16.1. The van der Waals surface area contributed by atoms with Crippen LogP contribution in [0.3, 0.4) is 0 Å². The Kier molecular flexibility index (Phi) is 3.11. The fraction of sp³-hybridized carbons (Fsp3) is 0.0714. The van der Waals surface area contributed by atoms with E-state index in [1.807, 2.05) is 0 Å². The van der Waals surface area contributed by atoms with Crippen LogP contribution in [0.15, 0.2) is 84.9 Å². The van der Waals surface area contributed by atoms with Crippen molar-refractivity contribution < 1.29 is 0 Å². The molecule has 5 aromatic rings. The van der Waals surface area contributed by atoms with Crippen molar-refractivity contribution in [2.45, 2.75) is 13.8 Å². The minimum atomic E-state index is 1.28. The highest BCUT2D eigenvalue weighted by Crippen LogP contribution is 2.53. The van der Waals surface area contributed by atoms with Crippen LogP contribution >= 0.6 is 0 Å². The second-order valence-corrected chi connectivity index (χ2v) is 7.80. The van der Waals surface area contributed by atoms with Crippen LogP contribution in [0.5, 0.6) is 0 Å². The molecule has 0 heteroatoms. The summed E-state index contributed by atoms with van der Waals surface area (Å²) in [6, 6.07) is 31.0. The van der Waals surface area contributed by atoms with E-state index in [0.29, 0.717) is 0 Å². The molecule has 0 atom stereocenters. The van der Waals surface area contributed by atoms with E-state index in [-0.39, 0.29) is 0 Å². The maximum absolute atomic E-state index is 2.33. The molecule has 0 unspecified atom stereocenters. The lowest BCUT2D eigenvalue weighted by Crippen LogP contribution is -1.90. The molecular formula is C28H20. The number of rotatable bonds is 1. The molecule has 0 nitrogen and oxygen atoms in total. The summed E-state index contributed by atoms with van der Waals surface area (Å²) < 4.78 is 0. The lowest BCUT2D eigenvalue weighted by atomic mass is 9.89. The molecule has 0 heterocycles. The van der Waals surface area contributed by atoms with Crippen molar-refractivity contribution in [2.24, 2.45) is 0 Å². The Morgan fingerprint density at radius 2 is 0.964 bits per heavy atom. The SMILES string of the molecule is Cc1c2c(c(C)c3ccccc13)-c1ccc(-c3ccccc3)c3cccc-2c13. The van der Waals surface area contributed by atoms with E-state index in [1.54, 1.807) is 0 Å². The molecule has 132 valence electrons. The molecular weight excluding hydrogens is 336 g/mol. The second kappa shape index (κ2) is 5.56. The van der Waals surface area contributed by atoms with Gasteiger partial charge in [-0.25, -0.2) is 0 Å². The highest BCUT2D eigenvalue weighted by Gasteiger charge is 2.27. The zero-order valence-corrected chi connectivity index (χ0v) is 16.1. The lowest BCUT2D eigenvalue weighted by Gasteiger charge is -2.15. The Morgan fingerprint density at radius 1 is 0.429 bits per heavy atom. The molecule has 0 saturated carbocycles. The third-order valence-electron chi connectivity index (χ3n) is 6.40. The number of hydrogen-bond donors (Lipinski definition) is 0.